The fraction of sp³-hybridized carbons (Fsp3) is 0.188. The molecule has 0 spiro atoms. The van der Waals surface area contributed by atoms with Gasteiger partial charge in [-0.2, -0.15) is 0 Å². The maximum Gasteiger partial charge on any atom is 0.251 e. The molecule has 19 heavy (non-hydrogen) atoms. The van der Waals surface area contributed by atoms with Crippen LogP contribution in [0.3, 0.4) is 0 Å². The van der Waals surface area contributed by atoms with Crippen molar-refractivity contribution in [3.8, 4) is 0 Å². The average molecular weight is 255 g/mol. The van der Waals surface area contributed by atoms with Crippen LogP contribution in [0.1, 0.15) is 22.8 Å². The Morgan fingerprint density at radius 1 is 1.05 bits per heavy atom. The summed E-state index contributed by atoms with van der Waals surface area (Å²) in [6.07, 6.45) is 0. The second kappa shape index (κ2) is 5.67. The van der Waals surface area contributed by atoms with Gasteiger partial charge in [-0.3, -0.25) is 4.79 Å². The summed E-state index contributed by atoms with van der Waals surface area (Å²) in [5, 5.41) is 13.1. The van der Waals surface area contributed by atoms with Gasteiger partial charge in [0, 0.05) is 5.56 Å². The summed E-state index contributed by atoms with van der Waals surface area (Å²) < 4.78 is 0. The molecule has 98 valence electrons. The first-order valence-electron chi connectivity index (χ1n) is 6.21. The van der Waals surface area contributed by atoms with E-state index in [2.05, 4.69) is 5.32 Å². The maximum absolute atomic E-state index is 11.9. The van der Waals surface area contributed by atoms with Crippen LogP contribution in [0, 0.1) is 0 Å². The molecule has 2 rings (SSSR count). The number of nitrogens with one attached hydrogen (secondary N) is 1. The Morgan fingerprint density at radius 2 is 1.58 bits per heavy atom. The average Bonchev–Trinajstić information content (AvgIpc) is 2.47. The molecule has 0 aromatic heterocycles. The molecule has 0 aliphatic rings. The lowest BCUT2D eigenvalue weighted by Gasteiger charge is -2.24. The van der Waals surface area contributed by atoms with E-state index in [0.29, 0.717) is 5.56 Å². The minimum absolute atomic E-state index is 0.171. The van der Waals surface area contributed by atoms with E-state index in [4.69, 9.17) is 0 Å². The molecule has 0 aliphatic heterocycles. The molecule has 3 heteroatoms. The number of aliphatic hydroxyl groups is 1. The second-order valence-electron chi connectivity index (χ2n) is 4.69. The predicted molar refractivity (Wildman–Crippen MR) is 74.8 cm³/mol. The number of carbonyl (C=O) groups is 1. The second-order valence-corrected chi connectivity index (χ2v) is 4.69. The Balaban J connectivity index is 2.01. The van der Waals surface area contributed by atoms with Gasteiger partial charge in [-0.25, -0.2) is 0 Å². The summed E-state index contributed by atoms with van der Waals surface area (Å²) in [5.41, 5.74) is 0.292. The Morgan fingerprint density at radius 3 is 2.16 bits per heavy atom. The van der Waals surface area contributed by atoms with Gasteiger partial charge in [-0.05, 0) is 24.6 Å². The highest BCUT2D eigenvalue weighted by Crippen LogP contribution is 2.19. The Kier molecular flexibility index (Phi) is 3.97. The van der Waals surface area contributed by atoms with E-state index in [9.17, 15) is 9.90 Å². The first-order valence-corrected chi connectivity index (χ1v) is 6.21. The van der Waals surface area contributed by atoms with E-state index in [1.165, 1.54) is 0 Å². The van der Waals surface area contributed by atoms with Crippen molar-refractivity contribution < 1.29 is 9.90 Å². The van der Waals surface area contributed by atoms with Gasteiger partial charge < -0.3 is 10.4 Å². The number of hydrogen-bond donors (Lipinski definition) is 2. The van der Waals surface area contributed by atoms with E-state index >= 15 is 0 Å². The SMILES string of the molecule is C[C@@](O)(CNC(=O)c1ccccc1)c1ccccc1. The number of benzene rings is 2. The molecule has 1 atom stereocenters. The zero-order valence-corrected chi connectivity index (χ0v) is 10.8. The van der Waals surface area contributed by atoms with Gasteiger partial charge in [0.05, 0.1) is 6.54 Å². The first kappa shape index (κ1) is 13.3. The van der Waals surface area contributed by atoms with Crippen molar-refractivity contribution in [3.05, 3.63) is 71.8 Å². The third-order valence-electron chi connectivity index (χ3n) is 3.02. The summed E-state index contributed by atoms with van der Waals surface area (Å²) in [6, 6.07) is 18.3. The van der Waals surface area contributed by atoms with Gasteiger partial charge in [0.2, 0.25) is 0 Å². The zero-order chi connectivity index (χ0) is 13.7. The quantitative estimate of drug-likeness (QED) is 0.881. The summed E-state index contributed by atoms with van der Waals surface area (Å²) in [5.74, 6) is -0.184. The minimum atomic E-state index is -1.08. The molecule has 2 N–H and O–H groups in total. The summed E-state index contributed by atoms with van der Waals surface area (Å²) in [7, 11) is 0. The number of hydrogen-bond acceptors (Lipinski definition) is 2. The molecular formula is C16H17NO2. The van der Waals surface area contributed by atoms with Crippen molar-refractivity contribution in [1.82, 2.24) is 5.32 Å². The highest BCUT2D eigenvalue weighted by molar-refractivity contribution is 5.94. The first-order chi connectivity index (χ1) is 9.09. The molecule has 0 bridgehead atoms. The van der Waals surface area contributed by atoms with E-state index in [-0.39, 0.29) is 12.5 Å². The summed E-state index contributed by atoms with van der Waals surface area (Å²) >= 11 is 0. The van der Waals surface area contributed by atoms with Gasteiger partial charge in [-0.15, -0.1) is 0 Å². The Hall–Kier alpha value is -2.13. The van der Waals surface area contributed by atoms with Crippen molar-refractivity contribution in [2.45, 2.75) is 12.5 Å². The van der Waals surface area contributed by atoms with Crippen molar-refractivity contribution in [1.29, 1.82) is 0 Å². The highest BCUT2D eigenvalue weighted by atomic mass is 16.3. The molecule has 2 aromatic rings. The topological polar surface area (TPSA) is 49.3 Å². The molecule has 0 saturated carbocycles. The molecule has 0 radical (unpaired) electrons. The molecule has 3 nitrogen and oxygen atoms in total. The molecule has 2 aromatic carbocycles. The van der Waals surface area contributed by atoms with Crippen molar-refractivity contribution in [3.63, 3.8) is 0 Å². The van der Waals surface area contributed by atoms with Crippen molar-refractivity contribution >= 4 is 5.91 Å². The maximum atomic E-state index is 11.9. The highest BCUT2D eigenvalue weighted by Gasteiger charge is 2.23. The number of rotatable bonds is 4. The lowest BCUT2D eigenvalue weighted by atomic mass is 9.96. The lowest BCUT2D eigenvalue weighted by molar-refractivity contribution is 0.0526. The van der Waals surface area contributed by atoms with Crippen LogP contribution >= 0.6 is 0 Å². The molecule has 0 saturated heterocycles. The van der Waals surface area contributed by atoms with Gasteiger partial charge in [-0.1, -0.05) is 48.5 Å². The molecule has 0 heterocycles. The fourth-order valence-corrected chi connectivity index (χ4v) is 1.84. The largest absolute Gasteiger partial charge is 0.384 e. The van der Waals surface area contributed by atoms with Crippen LogP contribution in [0.25, 0.3) is 0 Å². The van der Waals surface area contributed by atoms with Crippen LogP contribution in [0.2, 0.25) is 0 Å². The zero-order valence-electron chi connectivity index (χ0n) is 10.8. The Bertz CT molecular complexity index is 535. The van der Waals surface area contributed by atoms with Crippen molar-refractivity contribution in [2.75, 3.05) is 6.54 Å². The standard InChI is InChI=1S/C16H17NO2/c1-16(19,14-10-6-3-7-11-14)12-17-15(18)13-8-4-2-5-9-13/h2-11,19H,12H2,1H3,(H,17,18)/t16-/m1/s1. The molecule has 0 fully saturated rings. The van der Waals surface area contributed by atoms with Gasteiger partial charge >= 0.3 is 0 Å². The molecule has 0 aliphatic carbocycles. The van der Waals surface area contributed by atoms with Gasteiger partial charge in [0.25, 0.3) is 5.91 Å². The van der Waals surface area contributed by atoms with Crippen LogP contribution < -0.4 is 5.32 Å². The van der Waals surface area contributed by atoms with Crippen LogP contribution in [-0.4, -0.2) is 17.6 Å². The van der Waals surface area contributed by atoms with Gasteiger partial charge in [0.15, 0.2) is 0 Å². The number of amides is 1. The lowest BCUT2D eigenvalue weighted by Crippen LogP contribution is -2.38. The fourth-order valence-electron chi connectivity index (χ4n) is 1.84. The molecule has 1 amide bonds. The third kappa shape index (κ3) is 3.42. The molecule has 0 unspecified atom stereocenters. The monoisotopic (exact) mass is 255 g/mol. The van der Waals surface area contributed by atoms with Crippen LogP contribution in [-0.2, 0) is 5.60 Å². The summed E-state index contributed by atoms with van der Waals surface area (Å²) in [6.45, 7) is 1.86. The van der Waals surface area contributed by atoms with Gasteiger partial charge in [0.1, 0.15) is 5.60 Å². The van der Waals surface area contributed by atoms with E-state index in [0.717, 1.165) is 5.56 Å². The van der Waals surface area contributed by atoms with Crippen LogP contribution in [0.4, 0.5) is 0 Å². The third-order valence-corrected chi connectivity index (χ3v) is 3.02. The van der Waals surface area contributed by atoms with E-state index < -0.39 is 5.60 Å². The van der Waals surface area contributed by atoms with E-state index in [1.54, 1.807) is 19.1 Å². The predicted octanol–water partition coefficient (Wildman–Crippen LogP) is 2.32. The number of carbonyl (C=O) groups excluding carboxylic acids is 1. The van der Waals surface area contributed by atoms with E-state index in [1.807, 2.05) is 48.5 Å². The van der Waals surface area contributed by atoms with Crippen LogP contribution in [0.15, 0.2) is 60.7 Å². The normalized spacial score (nSPS) is 13.6. The van der Waals surface area contributed by atoms with Crippen LogP contribution in [0.5, 0.6) is 0 Å². The smallest absolute Gasteiger partial charge is 0.251 e. The summed E-state index contributed by atoms with van der Waals surface area (Å²) in [4.78, 5) is 11.9. The molecular weight excluding hydrogens is 238 g/mol. The Labute approximate surface area is 112 Å². The minimum Gasteiger partial charge on any atom is -0.384 e. The van der Waals surface area contributed by atoms with Crippen molar-refractivity contribution in [2.24, 2.45) is 0 Å².